The first kappa shape index (κ1) is 12.9. The first-order valence-corrected chi connectivity index (χ1v) is 6.16. The minimum atomic E-state index is -0.550. The third-order valence-electron chi connectivity index (χ3n) is 2.63. The highest BCUT2D eigenvalue weighted by molar-refractivity contribution is 9.10. The summed E-state index contributed by atoms with van der Waals surface area (Å²) in [6.07, 6.45) is 0. The molecule has 0 unspecified atom stereocenters. The van der Waals surface area contributed by atoms with Crippen molar-refractivity contribution in [2.45, 2.75) is 6.54 Å². The predicted octanol–water partition coefficient (Wildman–Crippen LogP) is 2.06. The summed E-state index contributed by atoms with van der Waals surface area (Å²) in [6, 6.07) is 2.62. The molecule has 0 amide bonds. The van der Waals surface area contributed by atoms with E-state index in [1.54, 1.807) is 0 Å². The van der Waals surface area contributed by atoms with Crippen molar-refractivity contribution in [3.05, 3.63) is 33.8 Å². The van der Waals surface area contributed by atoms with Gasteiger partial charge in [-0.3, -0.25) is 5.43 Å². The molecule has 0 aromatic heterocycles. The number of nitrogens with one attached hydrogen (secondary N) is 1. The predicted molar refractivity (Wildman–Crippen MR) is 63.3 cm³/mol. The zero-order valence-electron chi connectivity index (χ0n) is 9.18. The molecule has 1 aliphatic rings. The Morgan fingerprint density at radius 3 is 2.71 bits per heavy atom. The Morgan fingerprint density at radius 2 is 2.00 bits per heavy atom. The summed E-state index contributed by atoms with van der Waals surface area (Å²) in [5, 5.41) is 1.91. The normalized spacial score (nSPS) is 17.4. The smallest absolute Gasteiger partial charge is 0.144 e. The molecule has 0 bridgehead atoms. The van der Waals surface area contributed by atoms with E-state index < -0.39 is 11.6 Å². The summed E-state index contributed by atoms with van der Waals surface area (Å²) >= 11 is 3.04. The van der Waals surface area contributed by atoms with Crippen molar-refractivity contribution < 1.29 is 13.5 Å². The van der Waals surface area contributed by atoms with Crippen molar-refractivity contribution in [1.82, 2.24) is 10.4 Å². The van der Waals surface area contributed by atoms with Gasteiger partial charge in [0.25, 0.3) is 0 Å². The number of hydrogen-bond donors (Lipinski definition) is 1. The van der Waals surface area contributed by atoms with Gasteiger partial charge in [-0.2, -0.15) is 0 Å². The zero-order chi connectivity index (χ0) is 12.3. The second kappa shape index (κ2) is 5.86. The molecule has 3 nitrogen and oxygen atoms in total. The van der Waals surface area contributed by atoms with E-state index in [0.29, 0.717) is 13.2 Å². The summed E-state index contributed by atoms with van der Waals surface area (Å²) in [5.74, 6) is -1.09. The Balaban J connectivity index is 2.00. The van der Waals surface area contributed by atoms with Gasteiger partial charge in [-0.05, 0) is 28.1 Å². The number of hydrazine groups is 1. The van der Waals surface area contributed by atoms with E-state index in [0.717, 1.165) is 13.1 Å². The molecule has 1 N–H and O–H groups in total. The number of rotatable bonds is 3. The van der Waals surface area contributed by atoms with Crippen LogP contribution in [-0.4, -0.2) is 31.3 Å². The van der Waals surface area contributed by atoms with Crippen LogP contribution < -0.4 is 5.43 Å². The minimum absolute atomic E-state index is 0.0471. The molecule has 0 atom stereocenters. The van der Waals surface area contributed by atoms with Gasteiger partial charge in [-0.15, -0.1) is 0 Å². The van der Waals surface area contributed by atoms with Gasteiger partial charge in [0.05, 0.1) is 17.7 Å². The highest BCUT2D eigenvalue weighted by Gasteiger charge is 2.15. The molecule has 0 aliphatic carbocycles. The quantitative estimate of drug-likeness (QED) is 0.865. The van der Waals surface area contributed by atoms with Crippen molar-refractivity contribution >= 4 is 15.9 Å². The average Bonchev–Trinajstić information content (AvgIpc) is 2.35. The summed E-state index contributed by atoms with van der Waals surface area (Å²) in [7, 11) is 0. The van der Waals surface area contributed by atoms with Crippen molar-refractivity contribution in [1.29, 1.82) is 0 Å². The minimum Gasteiger partial charge on any atom is -0.379 e. The summed E-state index contributed by atoms with van der Waals surface area (Å²) in [6.45, 7) is 2.85. The van der Waals surface area contributed by atoms with E-state index in [-0.39, 0.29) is 16.6 Å². The fraction of sp³-hybridized carbons (Fsp3) is 0.455. The molecule has 6 heteroatoms. The van der Waals surface area contributed by atoms with Gasteiger partial charge in [0.1, 0.15) is 11.6 Å². The number of ether oxygens (including phenoxy) is 1. The van der Waals surface area contributed by atoms with Crippen LogP contribution in [-0.2, 0) is 11.3 Å². The molecular formula is C11H13BrF2N2O. The zero-order valence-corrected chi connectivity index (χ0v) is 10.8. The van der Waals surface area contributed by atoms with E-state index in [1.165, 1.54) is 12.1 Å². The monoisotopic (exact) mass is 306 g/mol. The number of halogens is 3. The summed E-state index contributed by atoms with van der Waals surface area (Å²) in [4.78, 5) is 0. The van der Waals surface area contributed by atoms with Crippen molar-refractivity contribution in [3.8, 4) is 0 Å². The third kappa shape index (κ3) is 3.22. The van der Waals surface area contributed by atoms with E-state index >= 15 is 0 Å². The fourth-order valence-corrected chi connectivity index (χ4v) is 2.01. The van der Waals surface area contributed by atoms with Crippen molar-refractivity contribution in [2.75, 3.05) is 26.3 Å². The standard InChI is InChI=1S/C11H13BrF2N2O/c12-9-1-2-10(13)8(11(9)14)7-15-16-3-5-17-6-4-16/h1-2,15H,3-7H2. The third-order valence-corrected chi connectivity index (χ3v) is 3.24. The molecular weight excluding hydrogens is 294 g/mol. The SMILES string of the molecule is Fc1ccc(Br)c(F)c1CNN1CCOCC1. The molecule has 1 aromatic rings. The lowest BCUT2D eigenvalue weighted by molar-refractivity contribution is 0.0102. The van der Waals surface area contributed by atoms with Gasteiger partial charge in [-0.1, -0.05) is 0 Å². The number of hydrogen-bond acceptors (Lipinski definition) is 3. The van der Waals surface area contributed by atoms with Gasteiger partial charge in [0.15, 0.2) is 0 Å². The van der Waals surface area contributed by atoms with Gasteiger partial charge in [0.2, 0.25) is 0 Å². The van der Waals surface area contributed by atoms with Crippen LogP contribution in [0.4, 0.5) is 8.78 Å². The second-order valence-corrected chi connectivity index (χ2v) is 4.61. The molecule has 0 saturated carbocycles. The lowest BCUT2D eigenvalue weighted by Gasteiger charge is -2.27. The Hall–Kier alpha value is -0.560. The molecule has 94 valence electrons. The first-order valence-electron chi connectivity index (χ1n) is 5.37. The molecule has 0 radical (unpaired) electrons. The molecule has 17 heavy (non-hydrogen) atoms. The van der Waals surface area contributed by atoms with Crippen molar-refractivity contribution in [2.24, 2.45) is 0 Å². The molecule has 1 aromatic carbocycles. The topological polar surface area (TPSA) is 24.5 Å². The molecule has 1 fully saturated rings. The van der Waals surface area contributed by atoms with E-state index in [4.69, 9.17) is 4.74 Å². The maximum atomic E-state index is 13.6. The van der Waals surface area contributed by atoms with Crippen LogP contribution in [0.25, 0.3) is 0 Å². The van der Waals surface area contributed by atoms with Gasteiger partial charge in [-0.25, -0.2) is 13.8 Å². The summed E-state index contributed by atoms with van der Waals surface area (Å²) in [5.41, 5.74) is 3.05. The van der Waals surface area contributed by atoms with Crippen LogP contribution in [0.5, 0.6) is 0 Å². The number of benzene rings is 1. The van der Waals surface area contributed by atoms with E-state index in [9.17, 15) is 8.78 Å². The Bertz CT molecular complexity index is 397. The average molecular weight is 307 g/mol. The number of morpholine rings is 1. The summed E-state index contributed by atoms with van der Waals surface area (Å²) < 4.78 is 32.5. The Labute approximate surface area is 107 Å². The van der Waals surface area contributed by atoms with E-state index in [1.807, 2.05) is 5.01 Å². The Kier molecular flexibility index (Phi) is 4.44. The maximum Gasteiger partial charge on any atom is 0.144 e. The largest absolute Gasteiger partial charge is 0.379 e. The van der Waals surface area contributed by atoms with Gasteiger partial charge >= 0.3 is 0 Å². The molecule has 1 saturated heterocycles. The first-order chi connectivity index (χ1) is 8.18. The lowest BCUT2D eigenvalue weighted by Crippen LogP contribution is -2.45. The molecule has 1 aliphatic heterocycles. The van der Waals surface area contributed by atoms with Crippen LogP contribution in [0.1, 0.15) is 5.56 Å². The number of nitrogens with zero attached hydrogens (tertiary/aromatic N) is 1. The maximum absolute atomic E-state index is 13.6. The lowest BCUT2D eigenvalue weighted by atomic mass is 10.2. The van der Waals surface area contributed by atoms with E-state index in [2.05, 4.69) is 21.4 Å². The molecule has 1 heterocycles. The highest BCUT2D eigenvalue weighted by Crippen LogP contribution is 2.21. The van der Waals surface area contributed by atoms with Gasteiger partial charge < -0.3 is 4.74 Å². The molecule has 2 rings (SSSR count). The van der Waals surface area contributed by atoms with Crippen LogP contribution in [0.15, 0.2) is 16.6 Å². The fourth-order valence-electron chi connectivity index (χ4n) is 1.64. The van der Waals surface area contributed by atoms with Gasteiger partial charge in [0, 0.05) is 25.2 Å². The van der Waals surface area contributed by atoms with Crippen LogP contribution in [0, 0.1) is 11.6 Å². The van der Waals surface area contributed by atoms with Crippen LogP contribution >= 0.6 is 15.9 Å². The van der Waals surface area contributed by atoms with Crippen molar-refractivity contribution in [3.63, 3.8) is 0 Å². The highest BCUT2D eigenvalue weighted by atomic mass is 79.9. The van der Waals surface area contributed by atoms with Crippen LogP contribution in [0.2, 0.25) is 0 Å². The second-order valence-electron chi connectivity index (χ2n) is 3.76. The van der Waals surface area contributed by atoms with Crippen LogP contribution in [0.3, 0.4) is 0 Å². The molecule has 0 spiro atoms. The Morgan fingerprint density at radius 1 is 1.29 bits per heavy atom.